The normalized spacial score (nSPS) is 8.31. The van der Waals surface area contributed by atoms with Gasteiger partial charge < -0.3 is 4.74 Å². The van der Waals surface area contributed by atoms with Gasteiger partial charge >= 0.3 is 0 Å². The minimum Gasteiger partial charge on any atom is -0.384 e. The van der Waals surface area contributed by atoms with Gasteiger partial charge in [0.05, 0.1) is 0 Å². The summed E-state index contributed by atoms with van der Waals surface area (Å²) in [4.78, 5) is 0. The van der Waals surface area contributed by atoms with Crippen LogP contribution in [-0.2, 0) is 4.74 Å². The molecule has 0 aliphatic heterocycles. The summed E-state index contributed by atoms with van der Waals surface area (Å²) < 4.78 is 4.80. The molecule has 0 radical (unpaired) electrons. The van der Waals surface area contributed by atoms with Gasteiger partial charge in [-0.05, 0) is 5.92 Å². The highest BCUT2D eigenvalue weighted by Crippen LogP contribution is 1.88. The summed E-state index contributed by atoms with van der Waals surface area (Å²) >= 11 is 0. The number of hydrogen-bond donors (Lipinski definition) is 0. The zero-order valence-corrected chi connectivity index (χ0v) is 8.16. The highest BCUT2D eigenvalue weighted by molar-refractivity contribution is 4.99. The molecule has 0 N–H and O–H groups in total. The maximum atomic E-state index is 4.80. The number of ether oxygens (including phenoxy) is 1. The first-order valence-corrected chi connectivity index (χ1v) is 4.26. The lowest BCUT2D eigenvalue weighted by Crippen LogP contribution is -1.96. The zero-order valence-electron chi connectivity index (χ0n) is 8.16. The number of rotatable bonds is 2. The minimum atomic E-state index is 0. The molecule has 1 aromatic carbocycles. The molecule has 0 aromatic heterocycles. The van der Waals surface area contributed by atoms with Crippen LogP contribution in [0.1, 0.15) is 21.3 Å². The van der Waals surface area contributed by atoms with E-state index in [2.05, 4.69) is 13.8 Å². The zero-order chi connectivity index (χ0) is 9.23. The Morgan fingerprint density at radius 1 is 0.923 bits per heavy atom. The van der Waals surface area contributed by atoms with Gasteiger partial charge in [-0.2, -0.15) is 0 Å². The Morgan fingerprint density at radius 2 is 1.23 bits per heavy atom. The van der Waals surface area contributed by atoms with E-state index in [9.17, 15) is 0 Å². The second kappa shape index (κ2) is 11.2. The van der Waals surface area contributed by atoms with E-state index in [0.29, 0.717) is 5.92 Å². The van der Waals surface area contributed by atoms with Crippen LogP contribution in [0.5, 0.6) is 0 Å². The van der Waals surface area contributed by atoms with Crippen LogP contribution < -0.4 is 0 Å². The van der Waals surface area contributed by atoms with Crippen LogP contribution in [0.3, 0.4) is 0 Å². The SMILES string of the molecule is C.COCC(C)C.c1ccccc1. The van der Waals surface area contributed by atoms with Crippen LogP contribution in [0.4, 0.5) is 0 Å². The fourth-order valence-corrected chi connectivity index (χ4v) is 0.718. The lowest BCUT2D eigenvalue weighted by atomic mass is 10.2. The molecule has 0 spiro atoms. The largest absolute Gasteiger partial charge is 0.384 e. The summed E-state index contributed by atoms with van der Waals surface area (Å²) in [7, 11) is 1.72. The quantitative estimate of drug-likeness (QED) is 0.679. The van der Waals surface area contributed by atoms with Gasteiger partial charge in [0.25, 0.3) is 0 Å². The summed E-state index contributed by atoms with van der Waals surface area (Å²) in [6.07, 6.45) is 0. The van der Waals surface area contributed by atoms with Gasteiger partial charge in [0.1, 0.15) is 0 Å². The molecule has 0 atom stereocenters. The van der Waals surface area contributed by atoms with Gasteiger partial charge in [-0.25, -0.2) is 0 Å². The van der Waals surface area contributed by atoms with Crippen LogP contribution >= 0.6 is 0 Å². The van der Waals surface area contributed by atoms with Crippen molar-refractivity contribution in [2.75, 3.05) is 13.7 Å². The van der Waals surface area contributed by atoms with Crippen molar-refractivity contribution in [3.63, 3.8) is 0 Å². The minimum absolute atomic E-state index is 0. The Bertz CT molecular complexity index is 131. The summed E-state index contributed by atoms with van der Waals surface area (Å²) in [5.74, 6) is 0.676. The predicted octanol–water partition coefficient (Wildman–Crippen LogP) is 3.61. The van der Waals surface area contributed by atoms with Gasteiger partial charge in [0, 0.05) is 13.7 Å². The van der Waals surface area contributed by atoms with E-state index in [4.69, 9.17) is 4.74 Å². The van der Waals surface area contributed by atoms with Crippen LogP contribution in [0, 0.1) is 5.92 Å². The average Bonchev–Trinajstić information content (AvgIpc) is 2.08. The molecule has 76 valence electrons. The Balaban J connectivity index is 0. The van der Waals surface area contributed by atoms with E-state index in [1.807, 2.05) is 36.4 Å². The molecule has 0 fully saturated rings. The molecule has 0 amide bonds. The molecular weight excluding hydrogens is 160 g/mol. The van der Waals surface area contributed by atoms with Gasteiger partial charge in [-0.1, -0.05) is 57.7 Å². The molecular formula is C12H22O. The van der Waals surface area contributed by atoms with Crippen molar-refractivity contribution in [3.8, 4) is 0 Å². The summed E-state index contributed by atoms with van der Waals surface area (Å²) in [6, 6.07) is 12.0. The second-order valence-corrected chi connectivity index (χ2v) is 3.00. The highest BCUT2D eigenvalue weighted by Gasteiger charge is 1.85. The van der Waals surface area contributed by atoms with E-state index in [1.165, 1.54) is 0 Å². The summed E-state index contributed by atoms with van der Waals surface area (Å²) in [5, 5.41) is 0. The molecule has 0 aliphatic carbocycles. The maximum absolute atomic E-state index is 4.80. The van der Waals surface area contributed by atoms with Crippen molar-refractivity contribution in [1.29, 1.82) is 0 Å². The third-order valence-corrected chi connectivity index (χ3v) is 1.17. The third-order valence-electron chi connectivity index (χ3n) is 1.17. The molecule has 0 saturated carbocycles. The van der Waals surface area contributed by atoms with Crippen molar-refractivity contribution in [1.82, 2.24) is 0 Å². The smallest absolute Gasteiger partial charge is 0.0485 e. The number of methoxy groups -OCH3 is 1. The van der Waals surface area contributed by atoms with E-state index in [-0.39, 0.29) is 7.43 Å². The molecule has 1 nitrogen and oxygen atoms in total. The van der Waals surface area contributed by atoms with Crippen molar-refractivity contribution in [2.24, 2.45) is 5.92 Å². The van der Waals surface area contributed by atoms with Gasteiger partial charge in [0.2, 0.25) is 0 Å². The molecule has 0 aliphatic rings. The molecule has 1 heteroatoms. The molecule has 0 unspecified atom stereocenters. The standard InChI is InChI=1S/C6H6.C5H12O.CH4/c1-2-4-6-5-3-1;1-5(2)4-6-3;/h1-6H;5H,4H2,1-3H3;1H4. The molecule has 13 heavy (non-hydrogen) atoms. The van der Waals surface area contributed by atoms with E-state index < -0.39 is 0 Å². The molecule has 0 saturated heterocycles. The molecule has 0 heterocycles. The fourth-order valence-electron chi connectivity index (χ4n) is 0.718. The molecule has 1 aromatic rings. The van der Waals surface area contributed by atoms with E-state index in [1.54, 1.807) is 7.11 Å². The Labute approximate surface area is 82.7 Å². The first-order chi connectivity index (χ1) is 5.77. The Kier molecular flexibility index (Phi) is 12.6. The van der Waals surface area contributed by atoms with Gasteiger partial charge in [-0.3, -0.25) is 0 Å². The number of hydrogen-bond acceptors (Lipinski definition) is 1. The van der Waals surface area contributed by atoms with Crippen molar-refractivity contribution in [3.05, 3.63) is 36.4 Å². The average molecular weight is 182 g/mol. The van der Waals surface area contributed by atoms with Crippen molar-refractivity contribution < 1.29 is 4.74 Å². The second-order valence-electron chi connectivity index (χ2n) is 3.00. The predicted molar refractivity (Wildman–Crippen MR) is 59.9 cm³/mol. The van der Waals surface area contributed by atoms with Gasteiger partial charge in [-0.15, -0.1) is 0 Å². The third kappa shape index (κ3) is 14.1. The lowest BCUT2D eigenvalue weighted by molar-refractivity contribution is 0.167. The topological polar surface area (TPSA) is 9.23 Å². The molecule has 0 bridgehead atoms. The van der Waals surface area contributed by atoms with Crippen molar-refractivity contribution in [2.45, 2.75) is 21.3 Å². The Morgan fingerprint density at radius 3 is 1.31 bits per heavy atom. The monoisotopic (exact) mass is 182 g/mol. The van der Waals surface area contributed by atoms with Crippen LogP contribution in [0.15, 0.2) is 36.4 Å². The lowest BCUT2D eigenvalue weighted by Gasteiger charge is -1.97. The van der Waals surface area contributed by atoms with Gasteiger partial charge in [0.15, 0.2) is 0 Å². The summed E-state index contributed by atoms with van der Waals surface area (Å²) in [6.45, 7) is 5.13. The fraction of sp³-hybridized carbons (Fsp3) is 0.500. The van der Waals surface area contributed by atoms with E-state index >= 15 is 0 Å². The van der Waals surface area contributed by atoms with Crippen LogP contribution in [0.25, 0.3) is 0 Å². The summed E-state index contributed by atoms with van der Waals surface area (Å²) in [5.41, 5.74) is 0. The number of benzene rings is 1. The molecule has 1 rings (SSSR count). The van der Waals surface area contributed by atoms with Crippen molar-refractivity contribution >= 4 is 0 Å². The van der Waals surface area contributed by atoms with Crippen LogP contribution in [-0.4, -0.2) is 13.7 Å². The van der Waals surface area contributed by atoms with E-state index in [0.717, 1.165) is 6.61 Å². The van der Waals surface area contributed by atoms with Crippen LogP contribution in [0.2, 0.25) is 0 Å². The first kappa shape index (κ1) is 14.7. The maximum Gasteiger partial charge on any atom is 0.0485 e. The first-order valence-electron chi connectivity index (χ1n) is 4.26. The highest BCUT2D eigenvalue weighted by atomic mass is 16.5. The Hall–Kier alpha value is -0.820.